The van der Waals surface area contributed by atoms with E-state index in [0.29, 0.717) is 0 Å². The summed E-state index contributed by atoms with van der Waals surface area (Å²) >= 11 is 0. The first kappa shape index (κ1) is 14.7. The van der Waals surface area contributed by atoms with E-state index in [4.69, 9.17) is 5.11 Å². The second-order valence-corrected chi connectivity index (χ2v) is 6.95. The third kappa shape index (κ3) is 3.86. The van der Waals surface area contributed by atoms with Crippen LogP contribution in [0.2, 0.25) is 0 Å². The molecule has 1 aliphatic rings. The van der Waals surface area contributed by atoms with Crippen LogP contribution >= 0.6 is 0 Å². The Morgan fingerprint density at radius 3 is 2.11 bits per heavy atom. The minimum atomic E-state index is -3.05. The molecule has 7 nitrogen and oxygen atoms in total. The number of aliphatic carboxylic acids is 1. The van der Waals surface area contributed by atoms with Gasteiger partial charge in [-0.05, 0) is 5.92 Å². The summed E-state index contributed by atoms with van der Waals surface area (Å²) in [4.78, 5) is 24.1. The van der Waals surface area contributed by atoms with Crippen molar-refractivity contribution in [2.24, 2.45) is 5.92 Å². The zero-order chi connectivity index (χ0) is 13.9. The van der Waals surface area contributed by atoms with Gasteiger partial charge in [0.15, 0.2) is 9.84 Å². The SMILES string of the molecule is CC(C)[C@@H](NC(=O)N1CCS(=O)(=O)CC1)C(=O)O. The lowest BCUT2D eigenvalue weighted by Crippen LogP contribution is -2.53. The molecule has 0 bridgehead atoms. The molecular formula is C10H18N2O5S. The molecule has 8 heteroatoms. The molecule has 0 aromatic carbocycles. The quantitative estimate of drug-likeness (QED) is 0.726. The van der Waals surface area contributed by atoms with Gasteiger partial charge in [0.25, 0.3) is 0 Å². The Morgan fingerprint density at radius 2 is 1.72 bits per heavy atom. The van der Waals surface area contributed by atoms with Crippen molar-refractivity contribution in [1.29, 1.82) is 0 Å². The van der Waals surface area contributed by atoms with E-state index in [2.05, 4.69) is 5.32 Å². The van der Waals surface area contributed by atoms with Crippen LogP contribution in [0.15, 0.2) is 0 Å². The summed E-state index contributed by atoms with van der Waals surface area (Å²) in [6, 6.07) is -1.48. The van der Waals surface area contributed by atoms with Gasteiger partial charge in [-0.1, -0.05) is 13.8 Å². The molecule has 0 radical (unpaired) electrons. The highest BCUT2D eigenvalue weighted by Gasteiger charge is 2.29. The van der Waals surface area contributed by atoms with Crippen LogP contribution in [0.5, 0.6) is 0 Å². The van der Waals surface area contributed by atoms with Crippen LogP contribution in [0.25, 0.3) is 0 Å². The summed E-state index contributed by atoms with van der Waals surface area (Å²) in [5, 5.41) is 11.4. The topological polar surface area (TPSA) is 104 Å². The normalized spacial score (nSPS) is 20.5. The highest BCUT2D eigenvalue weighted by molar-refractivity contribution is 7.91. The van der Waals surface area contributed by atoms with Crippen molar-refractivity contribution in [3.8, 4) is 0 Å². The second-order valence-electron chi connectivity index (χ2n) is 4.65. The minimum Gasteiger partial charge on any atom is -0.480 e. The average Bonchev–Trinajstić information content (AvgIpc) is 2.24. The second kappa shape index (κ2) is 5.55. The number of carboxylic acids is 1. The number of rotatable bonds is 3. The number of urea groups is 1. The lowest BCUT2D eigenvalue weighted by atomic mass is 10.1. The maximum Gasteiger partial charge on any atom is 0.326 e. The lowest BCUT2D eigenvalue weighted by Gasteiger charge is -2.29. The summed E-state index contributed by atoms with van der Waals surface area (Å²) in [6.45, 7) is 3.61. The van der Waals surface area contributed by atoms with Crippen molar-refractivity contribution in [1.82, 2.24) is 10.2 Å². The molecule has 0 unspecified atom stereocenters. The Hall–Kier alpha value is -1.31. The van der Waals surface area contributed by atoms with E-state index in [0.717, 1.165) is 0 Å². The monoisotopic (exact) mass is 278 g/mol. The van der Waals surface area contributed by atoms with Crippen molar-refractivity contribution in [3.63, 3.8) is 0 Å². The van der Waals surface area contributed by atoms with Gasteiger partial charge in [0.1, 0.15) is 6.04 Å². The molecular weight excluding hydrogens is 260 g/mol. The zero-order valence-electron chi connectivity index (χ0n) is 10.4. The first-order chi connectivity index (χ1) is 8.23. The van der Waals surface area contributed by atoms with Gasteiger partial charge in [0, 0.05) is 13.1 Å². The Kier molecular flexibility index (Phi) is 4.55. The molecule has 18 heavy (non-hydrogen) atoms. The van der Waals surface area contributed by atoms with Crippen LogP contribution in [-0.2, 0) is 14.6 Å². The van der Waals surface area contributed by atoms with Crippen molar-refractivity contribution >= 4 is 21.8 Å². The predicted octanol–water partition coefficient (Wildman–Crippen LogP) is -0.464. The Bertz CT molecular complexity index is 418. The molecule has 0 aromatic rings. The van der Waals surface area contributed by atoms with Crippen molar-refractivity contribution in [2.45, 2.75) is 19.9 Å². The molecule has 2 N–H and O–H groups in total. The molecule has 1 rings (SSSR count). The number of sulfone groups is 1. The van der Waals surface area contributed by atoms with Crippen molar-refractivity contribution in [3.05, 3.63) is 0 Å². The number of carbonyl (C=O) groups is 2. The highest BCUT2D eigenvalue weighted by Crippen LogP contribution is 2.06. The molecule has 1 atom stereocenters. The van der Waals surface area contributed by atoms with Crippen LogP contribution in [0, 0.1) is 5.92 Å². The summed E-state index contributed by atoms with van der Waals surface area (Å²) < 4.78 is 22.4. The highest BCUT2D eigenvalue weighted by atomic mass is 32.2. The first-order valence-electron chi connectivity index (χ1n) is 5.71. The fourth-order valence-electron chi connectivity index (χ4n) is 1.65. The van der Waals surface area contributed by atoms with Crippen LogP contribution in [0.4, 0.5) is 4.79 Å². The van der Waals surface area contributed by atoms with Gasteiger partial charge in [-0.25, -0.2) is 18.0 Å². The lowest BCUT2D eigenvalue weighted by molar-refractivity contribution is -0.140. The van der Waals surface area contributed by atoms with Crippen LogP contribution in [0.1, 0.15) is 13.8 Å². The van der Waals surface area contributed by atoms with Gasteiger partial charge in [-0.15, -0.1) is 0 Å². The summed E-state index contributed by atoms with van der Waals surface area (Å²) in [5.74, 6) is -1.47. The average molecular weight is 278 g/mol. The number of carboxylic acid groups (broad SMARTS) is 1. The number of nitrogens with one attached hydrogen (secondary N) is 1. The number of carbonyl (C=O) groups excluding carboxylic acids is 1. The number of hydrogen-bond donors (Lipinski definition) is 2. The molecule has 0 saturated carbocycles. The molecule has 1 saturated heterocycles. The third-order valence-corrected chi connectivity index (χ3v) is 4.45. The number of amides is 2. The van der Waals surface area contributed by atoms with E-state index in [1.165, 1.54) is 4.90 Å². The van der Waals surface area contributed by atoms with E-state index >= 15 is 0 Å². The van der Waals surface area contributed by atoms with E-state index in [1.54, 1.807) is 13.8 Å². The van der Waals surface area contributed by atoms with E-state index in [-0.39, 0.29) is 30.5 Å². The summed E-state index contributed by atoms with van der Waals surface area (Å²) in [6.07, 6.45) is 0. The van der Waals surface area contributed by atoms with Crippen LogP contribution in [-0.4, -0.2) is 61.1 Å². The molecule has 0 aromatic heterocycles. The molecule has 0 aliphatic carbocycles. The standard InChI is InChI=1S/C10H18N2O5S/c1-7(2)8(9(13)14)11-10(15)12-3-5-18(16,17)6-4-12/h7-8H,3-6H2,1-2H3,(H,11,15)(H,13,14)/t8-/m1/s1. The molecule has 1 fully saturated rings. The van der Waals surface area contributed by atoms with Gasteiger partial charge in [-0.3, -0.25) is 0 Å². The molecule has 1 aliphatic heterocycles. The zero-order valence-corrected chi connectivity index (χ0v) is 11.2. The van der Waals surface area contributed by atoms with Crippen molar-refractivity contribution in [2.75, 3.05) is 24.6 Å². The van der Waals surface area contributed by atoms with Gasteiger partial charge < -0.3 is 15.3 Å². The van der Waals surface area contributed by atoms with Gasteiger partial charge >= 0.3 is 12.0 Å². The fraction of sp³-hybridized carbons (Fsp3) is 0.800. The van der Waals surface area contributed by atoms with Crippen LogP contribution < -0.4 is 5.32 Å². The fourth-order valence-corrected chi connectivity index (χ4v) is 2.85. The smallest absolute Gasteiger partial charge is 0.326 e. The molecule has 2 amide bonds. The van der Waals surface area contributed by atoms with E-state index in [9.17, 15) is 18.0 Å². The third-order valence-electron chi connectivity index (χ3n) is 2.84. The Balaban J connectivity index is 2.58. The molecule has 0 spiro atoms. The van der Waals surface area contributed by atoms with Gasteiger partial charge in [0.05, 0.1) is 11.5 Å². The van der Waals surface area contributed by atoms with E-state index in [1.807, 2.05) is 0 Å². The van der Waals surface area contributed by atoms with Crippen LogP contribution in [0.3, 0.4) is 0 Å². The Morgan fingerprint density at radius 1 is 1.22 bits per heavy atom. The van der Waals surface area contributed by atoms with Crippen molar-refractivity contribution < 1.29 is 23.1 Å². The maximum absolute atomic E-state index is 11.8. The maximum atomic E-state index is 11.8. The largest absolute Gasteiger partial charge is 0.480 e. The molecule has 1 heterocycles. The molecule has 104 valence electrons. The van der Waals surface area contributed by atoms with E-state index < -0.39 is 27.9 Å². The number of hydrogen-bond acceptors (Lipinski definition) is 4. The minimum absolute atomic E-state index is 0.0696. The predicted molar refractivity (Wildman–Crippen MR) is 65.0 cm³/mol. The first-order valence-corrected chi connectivity index (χ1v) is 7.54. The van der Waals surface area contributed by atoms with Gasteiger partial charge in [-0.2, -0.15) is 0 Å². The summed E-state index contributed by atoms with van der Waals surface area (Å²) in [7, 11) is -3.05. The Labute approximate surface area is 106 Å². The summed E-state index contributed by atoms with van der Waals surface area (Å²) in [5.41, 5.74) is 0. The van der Waals surface area contributed by atoms with Gasteiger partial charge in [0.2, 0.25) is 0 Å². The number of nitrogens with zero attached hydrogens (tertiary/aromatic N) is 1.